The van der Waals surface area contributed by atoms with E-state index in [9.17, 15) is 8.42 Å². The van der Waals surface area contributed by atoms with E-state index in [2.05, 4.69) is 4.72 Å². The zero-order chi connectivity index (χ0) is 21.6. The quantitative estimate of drug-likeness (QED) is 0.684. The fourth-order valence-corrected chi connectivity index (χ4v) is 4.63. The van der Waals surface area contributed by atoms with Gasteiger partial charge in [-0.1, -0.05) is 29.3 Å². The Bertz CT molecular complexity index is 1030. The summed E-state index contributed by atoms with van der Waals surface area (Å²) in [6, 6.07) is 9.23. The van der Waals surface area contributed by atoms with E-state index in [0.717, 1.165) is 0 Å². The van der Waals surface area contributed by atoms with Crippen LogP contribution in [0.25, 0.3) is 0 Å². The van der Waals surface area contributed by atoms with Crippen molar-refractivity contribution in [3.8, 4) is 5.75 Å². The SMILES string of the molecule is COc1cc(B2OC(C)(C)C(C)(C)O2)ccc1NS(=O)(=O)c1cc(Cl)ccc1Cl. The Labute approximate surface area is 181 Å². The van der Waals surface area contributed by atoms with E-state index >= 15 is 0 Å². The molecule has 29 heavy (non-hydrogen) atoms. The summed E-state index contributed by atoms with van der Waals surface area (Å²) >= 11 is 12.0. The van der Waals surface area contributed by atoms with E-state index in [-0.39, 0.29) is 20.6 Å². The molecule has 1 fully saturated rings. The number of hydrogen-bond donors (Lipinski definition) is 1. The molecule has 0 bridgehead atoms. The summed E-state index contributed by atoms with van der Waals surface area (Å²) in [7, 11) is -3.12. The van der Waals surface area contributed by atoms with Gasteiger partial charge in [0.15, 0.2) is 0 Å². The summed E-state index contributed by atoms with van der Waals surface area (Å²) < 4.78 is 45.6. The van der Waals surface area contributed by atoms with Crippen LogP contribution in [0.5, 0.6) is 5.75 Å². The van der Waals surface area contributed by atoms with Gasteiger partial charge in [-0.25, -0.2) is 8.42 Å². The Morgan fingerprint density at radius 2 is 1.62 bits per heavy atom. The smallest absolute Gasteiger partial charge is 0.494 e. The third kappa shape index (κ3) is 4.37. The molecule has 0 aliphatic carbocycles. The monoisotopic (exact) mass is 457 g/mol. The predicted octanol–water partition coefficient (Wildman–Crippen LogP) is 4.10. The lowest BCUT2D eigenvalue weighted by atomic mass is 9.79. The molecule has 1 saturated heterocycles. The van der Waals surface area contributed by atoms with Crippen LogP contribution in [0.2, 0.25) is 10.0 Å². The van der Waals surface area contributed by atoms with Crippen LogP contribution in [0.4, 0.5) is 5.69 Å². The molecule has 0 spiro atoms. The van der Waals surface area contributed by atoms with Gasteiger partial charge < -0.3 is 14.0 Å². The van der Waals surface area contributed by atoms with Crippen LogP contribution in [0.1, 0.15) is 27.7 Å². The lowest BCUT2D eigenvalue weighted by molar-refractivity contribution is 0.00578. The Balaban J connectivity index is 1.91. The van der Waals surface area contributed by atoms with Crippen molar-refractivity contribution >= 4 is 51.5 Å². The third-order valence-corrected chi connectivity index (χ3v) is 7.26. The number of sulfonamides is 1. The molecule has 1 N–H and O–H groups in total. The second-order valence-corrected chi connectivity index (χ2v) is 10.2. The standard InChI is InChI=1S/C19H22BCl2NO5S/c1-18(2)19(3,4)28-20(27-18)12-6-9-15(16(10-12)26-5)23-29(24,25)17-11-13(21)7-8-14(17)22/h6-11,23H,1-5H3. The van der Waals surface area contributed by atoms with Gasteiger partial charge in [0.05, 0.1) is 29.0 Å². The molecule has 6 nitrogen and oxygen atoms in total. The molecule has 0 saturated carbocycles. The molecule has 2 aromatic carbocycles. The number of methoxy groups -OCH3 is 1. The first-order valence-electron chi connectivity index (χ1n) is 8.88. The first-order chi connectivity index (χ1) is 13.4. The molecule has 1 heterocycles. The van der Waals surface area contributed by atoms with Crippen LogP contribution in [0, 0.1) is 0 Å². The van der Waals surface area contributed by atoms with Crippen molar-refractivity contribution in [2.45, 2.75) is 43.8 Å². The molecule has 0 amide bonds. The molecular weight excluding hydrogens is 436 g/mol. The number of ether oxygens (including phenoxy) is 1. The second kappa shape index (κ2) is 7.67. The summed E-state index contributed by atoms with van der Waals surface area (Å²) in [6.45, 7) is 7.84. The second-order valence-electron chi connectivity index (χ2n) is 7.73. The summed E-state index contributed by atoms with van der Waals surface area (Å²) in [6.07, 6.45) is 0. The molecule has 0 radical (unpaired) electrons. The number of anilines is 1. The number of hydrogen-bond acceptors (Lipinski definition) is 5. The number of halogens is 2. The maximum absolute atomic E-state index is 12.8. The van der Waals surface area contributed by atoms with Crippen molar-refractivity contribution in [3.63, 3.8) is 0 Å². The van der Waals surface area contributed by atoms with E-state index in [1.807, 2.05) is 27.7 Å². The van der Waals surface area contributed by atoms with E-state index in [4.69, 9.17) is 37.2 Å². The van der Waals surface area contributed by atoms with Crippen molar-refractivity contribution in [3.05, 3.63) is 46.4 Å². The zero-order valence-electron chi connectivity index (χ0n) is 16.7. The van der Waals surface area contributed by atoms with Gasteiger partial charge in [0.25, 0.3) is 10.0 Å². The first kappa shape index (κ1) is 22.2. The van der Waals surface area contributed by atoms with Crippen molar-refractivity contribution < 1.29 is 22.5 Å². The Kier molecular flexibility index (Phi) is 5.88. The van der Waals surface area contributed by atoms with Crippen molar-refractivity contribution in [1.29, 1.82) is 0 Å². The highest BCUT2D eigenvalue weighted by Crippen LogP contribution is 2.37. The minimum atomic E-state index is -3.98. The van der Waals surface area contributed by atoms with Crippen molar-refractivity contribution in [1.82, 2.24) is 0 Å². The highest BCUT2D eigenvalue weighted by atomic mass is 35.5. The van der Waals surface area contributed by atoms with Crippen molar-refractivity contribution in [2.24, 2.45) is 0 Å². The van der Waals surface area contributed by atoms with Gasteiger partial charge in [-0.15, -0.1) is 0 Å². The van der Waals surface area contributed by atoms with E-state index in [1.54, 1.807) is 18.2 Å². The minimum Gasteiger partial charge on any atom is -0.495 e. The fraction of sp³-hybridized carbons (Fsp3) is 0.368. The average Bonchev–Trinajstić information content (AvgIpc) is 2.84. The molecule has 2 aromatic rings. The minimum absolute atomic E-state index is 0.0645. The lowest BCUT2D eigenvalue weighted by Crippen LogP contribution is -2.41. The normalized spacial score (nSPS) is 18.0. The van der Waals surface area contributed by atoms with Gasteiger partial charge in [0.1, 0.15) is 10.6 Å². The van der Waals surface area contributed by atoms with E-state index in [1.165, 1.54) is 25.3 Å². The molecule has 0 atom stereocenters. The summed E-state index contributed by atoms with van der Waals surface area (Å²) in [4.78, 5) is -0.122. The molecule has 0 unspecified atom stereocenters. The largest absolute Gasteiger partial charge is 0.495 e. The third-order valence-electron chi connectivity index (χ3n) is 5.18. The van der Waals surface area contributed by atoms with Crippen LogP contribution < -0.4 is 14.9 Å². The molecular formula is C19H22BCl2NO5S. The van der Waals surface area contributed by atoms with Gasteiger partial charge in [-0.2, -0.15) is 0 Å². The van der Waals surface area contributed by atoms with Crippen LogP contribution in [-0.4, -0.2) is 33.8 Å². The lowest BCUT2D eigenvalue weighted by Gasteiger charge is -2.32. The maximum atomic E-state index is 12.8. The highest BCUT2D eigenvalue weighted by Gasteiger charge is 2.51. The number of rotatable bonds is 5. The summed E-state index contributed by atoms with van der Waals surface area (Å²) in [5, 5.41) is 0.326. The Morgan fingerprint density at radius 1 is 1.00 bits per heavy atom. The number of nitrogens with one attached hydrogen (secondary N) is 1. The Morgan fingerprint density at radius 3 is 2.21 bits per heavy atom. The topological polar surface area (TPSA) is 73.9 Å². The van der Waals surface area contributed by atoms with Gasteiger partial charge in [-0.05, 0) is 63.5 Å². The average molecular weight is 458 g/mol. The zero-order valence-corrected chi connectivity index (χ0v) is 19.1. The number of benzene rings is 2. The van der Waals surface area contributed by atoms with Crippen LogP contribution >= 0.6 is 23.2 Å². The van der Waals surface area contributed by atoms with Crippen LogP contribution in [-0.2, 0) is 19.3 Å². The molecule has 1 aliphatic heterocycles. The van der Waals surface area contributed by atoms with Gasteiger partial charge in [0, 0.05) is 5.02 Å². The summed E-state index contributed by atoms with van der Waals surface area (Å²) in [5.74, 6) is 0.318. The van der Waals surface area contributed by atoms with Gasteiger partial charge in [-0.3, -0.25) is 4.72 Å². The molecule has 0 aromatic heterocycles. The molecule has 1 aliphatic rings. The Hall–Kier alpha value is -1.45. The van der Waals surface area contributed by atoms with E-state index < -0.39 is 28.3 Å². The van der Waals surface area contributed by atoms with Gasteiger partial charge >= 0.3 is 7.12 Å². The van der Waals surface area contributed by atoms with Crippen LogP contribution in [0.15, 0.2) is 41.3 Å². The summed E-state index contributed by atoms with van der Waals surface area (Å²) in [5.41, 5.74) is -0.0174. The molecule has 3 rings (SSSR count). The fourth-order valence-electron chi connectivity index (χ4n) is 2.80. The van der Waals surface area contributed by atoms with Crippen LogP contribution in [0.3, 0.4) is 0 Å². The maximum Gasteiger partial charge on any atom is 0.494 e. The highest BCUT2D eigenvalue weighted by molar-refractivity contribution is 7.92. The van der Waals surface area contributed by atoms with Crippen molar-refractivity contribution in [2.75, 3.05) is 11.8 Å². The molecule has 10 heteroatoms. The first-order valence-corrected chi connectivity index (χ1v) is 11.1. The van der Waals surface area contributed by atoms with Gasteiger partial charge in [0.2, 0.25) is 0 Å². The van der Waals surface area contributed by atoms with E-state index in [0.29, 0.717) is 11.2 Å². The predicted molar refractivity (Wildman–Crippen MR) is 116 cm³/mol. The molecule has 156 valence electrons.